The van der Waals surface area contributed by atoms with Crippen molar-refractivity contribution < 1.29 is 18.0 Å². The highest BCUT2D eigenvalue weighted by Crippen LogP contribution is 2.22. The van der Waals surface area contributed by atoms with Gasteiger partial charge >= 0.3 is 0 Å². The number of nitrogens with zero attached hydrogens (tertiary/aromatic N) is 2. The number of rotatable bonds is 10. The van der Waals surface area contributed by atoms with Gasteiger partial charge in [-0.25, -0.2) is 8.42 Å². The molecule has 0 aliphatic carbocycles. The fraction of sp³-hybridized carbons (Fsp3) is 0.481. The first-order valence-electron chi connectivity index (χ1n) is 12.0. The van der Waals surface area contributed by atoms with Gasteiger partial charge < -0.3 is 10.2 Å². The van der Waals surface area contributed by atoms with Crippen LogP contribution in [0.15, 0.2) is 42.5 Å². The molecule has 198 valence electrons. The topological polar surface area (TPSA) is 86.8 Å². The number of hydrogen-bond acceptors (Lipinski definition) is 4. The fourth-order valence-corrected chi connectivity index (χ4v) is 5.15. The minimum atomic E-state index is -3.54. The van der Waals surface area contributed by atoms with E-state index < -0.39 is 21.6 Å². The molecule has 0 saturated heterocycles. The normalized spacial score (nSPS) is 12.7. The number of aryl methyl sites for hydroxylation is 2. The minimum Gasteiger partial charge on any atom is -0.350 e. The molecule has 1 N–H and O–H groups in total. The zero-order chi connectivity index (χ0) is 27.3. The average molecular weight is 536 g/mol. The summed E-state index contributed by atoms with van der Waals surface area (Å²) in [7, 11) is -3.54. The van der Waals surface area contributed by atoms with Gasteiger partial charge in [0, 0.05) is 30.1 Å². The van der Waals surface area contributed by atoms with Crippen molar-refractivity contribution in [3.8, 4) is 0 Å². The molecule has 2 rings (SSSR count). The van der Waals surface area contributed by atoms with Crippen LogP contribution in [-0.4, -0.2) is 49.5 Å². The van der Waals surface area contributed by atoms with Crippen LogP contribution in [0.5, 0.6) is 0 Å². The zero-order valence-electron chi connectivity index (χ0n) is 22.3. The van der Waals surface area contributed by atoms with Gasteiger partial charge in [0.25, 0.3) is 0 Å². The molecule has 7 nitrogen and oxygen atoms in total. The minimum absolute atomic E-state index is 0.0878. The van der Waals surface area contributed by atoms with Gasteiger partial charge in [-0.05, 0) is 88.9 Å². The maximum absolute atomic E-state index is 13.4. The Morgan fingerprint density at radius 3 is 2.19 bits per heavy atom. The van der Waals surface area contributed by atoms with Crippen molar-refractivity contribution in [2.24, 2.45) is 0 Å². The van der Waals surface area contributed by atoms with E-state index in [0.29, 0.717) is 17.1 Å². The summed E-state index contributed by atoms with van der Waals surface area (Å²) in [4.78, 5) is 27.8. The van der Waals surface area contributed by atoms with Crippen LogP contribution in [0.3, 0.4) is 0 Å². The van der Waals surface area contributed by atoms with Crippen molar-refractivity contribution in [3.63, 3.8) is 0 Å². The molecule has 0 radical (unpaired) electrons. The molecule has 0 aliphatic rings. The molecule has 0 aromatic heterocycles. The molecule has 2 aromatic rings. The average Bonchev–Trinajstić information content (AvgIpc) is 2.71. The van der Waals surface area contributed by atoms with Gasteiger partial charge in [-0.3, -0.25) is 13.9 Å². The van der Waals surface area contributed by atoms with E-state index in [4.69, 9.17) is 11.6 Å². The summed E-state index contributed by atoms with van der Waals surface area (Å²) in [5.74, 6) is -0.494. The second-order valence-corrected chi connectivity index (χ2v) is 12.7. The van der Waals surface area contributed by atoms with Crippen molar-refractivity contribution in [2.75, 3.05) is 17.1 Å². The fourth-order valence-electron chi connectivity index (χ4n) is 3.99. The van der Waals surface area contributed by atoms with Crippen LogP contribution >= 0.6 is 11.6 Å². The summed E-state index contributed by atoms with van der Waals surface area (Å²) in [6.45, 7) is 11.5. The van der Waals surface area contributed by atoms with Crippen LogP contribution in [0.2, 0.25) is 5.02 Å². The van der Waals surface area contributed by atoms with Gasteiger partial charge in [0.2, 0.25) is 21.8 Å². The lowest BCUT2D eigenvalue weighted by molar-refractivity contribution is -0.141. The van der Waals surface area contributed by atoms with E-state index in [0.717, 1.165) is 22.9 Å². The van der Waals surface area contributed by atoms with E-state index in [9.17, 15) is 18.0 Å². The first kappa shape index (κ1) is 29.6. The standard InChI is InChI=1S/C27H38ClN3O4S/c1-19-14-20(2)16-24(15-19)31(36(7,34)35)13-9-12-25(32)30(18-22-10-8-11-23(28)17-22)21(3)26(33)29-27(4,5)6/h8,10-11,14-17,21H,9,12-13,18H2,1-7H3,(H,29,33)/t21-/m0/s1. The van der Waals surface area contributed by atoms with E-state index in [1.165, 1.54) is 9.21 Å². The predicted molar refractivity (Wildman–Crippen MR) is 147 cm³/mol. The maximum Gasteiger partial charge on any atom is 0.242 e. The molecule has 36 heavy (non-hydrogen) atoms. The smallest absolute Gasteiger partial charge is 0.242 e. The van der Waals surface area contributed by atoms with Crippen LogP contribution in [0, 0.1) is 13.8 Å². The van der Waals surface area contributed by atoms with E-state index in [-0.39, 0.29) is 31.3 Å². The van der Waals surface area contributed by atoms with Crippen LogP contribution in [0.4, 0.5) is 5.69 Å². The Hall–Kier alpha value is -2.58. The van der Waals surface area contributed by atoms with Crippen LogP contribution in [0.1, 0.15) is 57.2 Å². The number of nitrogens with one attached hydrogen (secondary N) is 1. The molecule has 0 unspecified atom stereocenters. The summed E-state index contributed by atoms with van der Waals surface area (Å²) < 4.78 is 26.4. The van der Waals surface area contributed by atoms with E-state index in [1.54, 1.807) is 25.1 Å². The first-order valence-corrected chi connectivity index (χ1v) is 14.2. The Morgan fingerprint density at radius 1 is 1.06 bits per heavy atom. The Balaban J connectivity index is 2.22. The third-order valence-electron chi connectivity index (χ3n) is 5.55. The highest BCUT2D eigenvalue weighted by atomic mass is 35.5. The molecule has 2 amide bonds. The zero-order valence-corrected chi connectivity index (χ0v) is 23.8. The monoisotopic (exact) mass is 535 g/mol. The molecular weight excluding hydrogens is 498 g/mol. The quantitative estimate of drug-likeness (QED) is 0.472. The van der Waals surface area contributed by atoms with E-state index in [1.807, 2.05) is 58.9 Å². The third-order valence-corrected chi connectivity index (χ3v) is 6.98. The molecule has 1 atom stereocenters. The van der Waals surface area contributed by atoms with Gasteiger partial charge in [-0.1, -0.05) is 29.8 Å². The highest BCUT2D eigenvalue weighted by Gasteiger charge is 2.28. The van der Waals surface area contributed by atoms with Crippen LogP contribution < -0.4 is 9.62 Å². The lowest BCUT2D eigenvalue weighted by Crippen LogP contribution is -2.52. The van der Waals surface area contributed by atoms with E-state index >= 15 is 0 Å². The van der Waals surface area contributed by atoms with Gasteiger partial charge in [0.1, 0.15) is 6.04 Å². The lowest BCUT2D eigenvalue weighted by Gasteiger charge is -2.32. The van der Waals surface area contributed by atoms with E-state index in [2.05, 4.69) is 5.32 Å². The van der Waals surface area contributed by atoms with Crippen molar-refractivity contribution in [2.45, 2.75) is 72.5 Å². The van der Waals surface area contributed by atoms with Crippen molar-refractivity contribution in [1.82, 2.24) is 10.2 Å². The molecule has 9 heteroatoms. The number of carbonyl (C=O) groups is 2. The predicted octanol–water partition coefficient (Wildman–Crippen LogP) is 4.84. The molecule has 2 aromatic carbocycles. The summed E-state index contributed by atoms with van der Waals surface area (Å²) in [6, 6.07) is 12.1. The summed E-state index contributed by atoms with van der Waals surface area (Å²) in [5, 5.41) is 3.48. The number of anilines is 1. The Morgan fingerprint density at radius 2 is 1.67 bits per heavy atom. The maximum atomic E-state index is 13.4. The molecule has 0 heterocycles. The Bertz CT molecular complexity index is 1170. The Kier molecular flexibility index (Phi) is 9.97. The molecule has 0 bridgehead atoms. The third kappa shape index (κ3) is 9.13. The lowest BCUT2D eigenvalue weighted by atomic mass is 10.1. The number of carbonyl (C=O) groups excluding carboxylic acids is 2. The molecule has 0 spiro atoms. The SMILES string of the molecule is Cc1cc(C)cc(N(CCCC(=O)N(Cc2cccc(Cl)c2)[C@@H](C)C(=O)NC(C)(C)C)S(C)(=O)=O)c1. The highest BCUT2D eigenvalue weighted by molar-refractivity contribution is 7.92. The van der Waals surface area contributed by atoms with Gasteiger partial charge in [0.15, 0.2) is 0 Å². The number of hydrogen-bond donors (Lipinski definition) is 1. The van der Waals surface area contributed by atoms with Crippen molar-refractivity contribution in [3.05, 3.63) is 64.2 Å². The summed E-state index contributed by atoms with van der Waals surface area (Å²) in [5.41, 5.74) is 2.86. The van der Waals surface area contributed by atoms with Crippen molar-refractivity contribution >= 4 is 39.1 Å². The molecule has 0 saturated carbocycles. The van der Waals surface area contributed by atoms with Crippen LogP contribution in [-0.2, 0) is 26.2 Å². The second kappa shape index (κ2) is 12.1. The number of sulfonamides is 1. The van der Waals surface area contributed by atoms with Gasteiger partial charge in [-0.2, -0.15) is 0 Å². The van der Waals surface area contributed by atoms with Crippen molar-refractivity contribution in [1.29, 1.82) is 0 Å². The summed E-state index contributed by atoms with van der Waals surface area (Å²) in [6.07, 6.45) is 1.56. The number of amides is 2. The van der Waals surface area contributed by atoms with Gasteiger partial charge in [0.05, 0.1) is 11.9 Å². The largest absolute Gasteiger partial charge is 0.350 e. The number of halogens is 1. The van der Waals surface area contributed by atoms with Gasteiger partial charge in [-0.15, -0.1) is 0 Å². The number of benzene rings is 2. The Labute approximate surface area is 220 Å². The van der Waals surface area contributed by atoms with Crippen LogP contribution in [0.25, 0.3) is 0 Å². The molecule has 0 fully saturated rings. The second-order valence-electron chi connectivity index (χ2n) is 10.4. The summed E-state index contributed by atoms with van der Waals surface area (Å²) >= 11 is 6.13. The molecule has 0 aliphatic heterocycles. The molecular formula is C27H38ClN3O4S. The first-order chi connectivity index (χ1) is 16.6.